The third-order valence-electron chi connectivity index (χ3n) is 5.15. The SMILES string of the molecule is CCN1CC(C(=O)N2CCc3nc(C4CC4)nn3CC2)CC1=O. The van der Waals surface area contributed by atoms with E-state index in [-0.39, 0.29) is 17.7 Å². The van der Waals surface area contributed by atoms with Gasteiger partial charge in [0.15, 0.2) is 5.82 Å². The largest absolute Gasteiger partial charge is 0.342 e. The Hall–Kier alpha value is -1.92. The van der Waals surface area contributed by atoms with Gasteiger partial charge in [0.25, 0.3) is 0 Å². The quantitative estimate of drug-likeness (QED) is 0.809. The molecule has 3 heterocycles. The van der Waals surface area contributed by atoms with Crippen molar-refractivity contribution in [2.24, 2.45) is 5.92 Å². The van der Waals surface area contributed by atoms with Crippen molar-refractivity contribution < 1.29 is 9.59 Å². The second-order valence-corrected chi connectivity index (χ2v) is 6.79. The van der Waals surface area contributed by atoms with Crippen LogP contribution in [-0.2, 0) is 22.6 Å². The third kappa shape index (κ3) is 2.72. The fraction of sp³-hybridized carbons (Fsp3) is 0.750. The van der Waals surface area contributed by atoms with Crippen LogP contribution >= 0.6 is 0 Å². The minimum absolute atomic E-state index is 0.101. The molecule has 1 aliphatic carbocycles. The highest BCUT2D eigenvalue weighted by Crippen LogP contribution is 2.38. The van der Waals surface area contributed by atoms with Gasteiger partial charge >= 0.3 is 0 Å². The second kappa shape index (κ2) is 5.62. The zero-order chi connectivity index (χ0) is 16.0. The topological polar surface area (TPSA) is 71.3 Å². The average molecular weight is 317 g/mol. The van der Waals surface area contributed by atoms with Crippen LogP contribution in [0.2, 0.25) is 0 Å². The van der Waals surface area contributed by atoms with E-state index in [1.165, 1.54) is 12.8 Å². The molecule has 1 aromatic rings. The molecule has 124 valence electrons. The molecule has 23 heavy (non-hydrogen) atoms. The van der Waals surface area contributed by atoms with Gasteiger partial charge in [-0.15, -0.1) is 0 Å². The molecule has 7 nitrogen and oxygen atoms in total. The molecule has 1 unspecified atom stereocenters. The molecule has 0 bridgehead atoms. The van der Waals surface area contributed by atoms with Crippen LogP contribution in [0.25, 0.3) is 0 Å². The molecular formula is C16H23N5O2. The summed E-state index contributed by atoms with van der Waals surface area (Å²) < 4.78 is 1.97. The summed E-state index contributed by atoms with van der Waals surface area (Å²) in [6, 6.07) is 0. The smallest absolute Gasteiger partial charge is 0.228 e. The van der Waals surface area contributed by atoms with E-state index in [1.54, 1.807) is 4.90 Å². The van der Waals surface area contributed by atoms with Gasteiger partial charge in [0.1, 0.15) is 5.82 Å². The average Bonchev–Trinajstić information content (AvgIpc) is 3.27. The van der Waals surface area contributed by atoms with Crippen LogP contribution in [0.3, 0.4) is 0 Å². The van der Waals surface area contributed by atoms with Crippen LogP contribution in [0.15, 0.2) is 0 Å². The molecule has 0 aromatic carbocycles. The number of fused-ring (bicyclic) bond motifs is 1. The molecule has 0 N–H and O–H groups in total. The number of likely N-dealkylation sites (tertiary alicyclic amines) is 1. The van der Waals surface area contributed by atoms with E-state index in [0.717, 1.165) is 18.1 Å². The molecule has 2 fully saturated rings. The van der Waals surface area contributed by atoms with E-state index in [1.807, 2.05) is 16.5 Å². The van der Waals surface area contributed by atoms with Crippen LogP contribution in [0.4, 0.5) is 0 Å². The molecule has 0 spiro atoms. The van der Waals surface area contributed by atoms with Crippen molar-refractivity contribution in [1.82, 2.24) is 24.6 Å². The molecule has 1 saturated carbocycles. The lowest BCUT2D eigenvalue weighted by Crippen LogP contribution is -2.39. The number of amides is 2. The fourth-order valence-electron chi connectivity index (χ4n) is 3.56. The summed E-state index contributed by atoms with van der Waals surface area (Å²) in [7, 11) is 0. The van der Waals surface area contributed by atoms with E-state index in [9.17, 15) is 9.59 Å². The molecule has 1 atom stereocenters. The predicted molar refractivity (Wildman–Crippen MR) is 82.6 cm³/mol. The number of hydrogen-bond acceptors (Lipinski definition) is 4. The normalized spacial score (nSPS) is 24.7. The number of nitrogens with zero attached hydrogens (tertiary/aromatic N) is 5. The highest BCUT2D eigenvalue weighted by Gasteiger charge is 2.36. The first-order valence-corrected chi connectivity index (χ1v) is 8.66. The molecule has 1 aromatic heterocycles. The summed E-state index contributed by atoms with van der Waals surface area (Å²) in [4.78, 5) is 32.9. The van der Waals surface area contributed by atoms with Crippen LogP contribution in [0.1, 0.15) is 43.8 Å². The molecule has 2 aliphatic heterocycles. The first-order chi connectivity index (χ1) is 11.2. The Morgan fingerprint density at radius 3 is 2.78 bits per heavy atom. The van der Waals surface area contributed by atoms with Crippen LogP contribution in [-0.4, -0.2) is 62.6 Å². The summed E-state index contributed by atoms with van der Waals surface area (Å²) >= 11 is 0. The van der Waals surface area contributed by atoms with Gasteiger partial charge in [0, 0.05) is 44.9 Å². The van der Waals surface area contributed by atoms with Gasteiger partial charge in [-0.25, -0.2) is 9.67 Å². The predicted octanol–water partition coefficient (Wildman–Crippen LogP) is 0.409. The van der Waals surface area contributed by atoms with E-state index >= 15 is 0 Å². The number of aromatic nitrogens is 3. The highest BCUT2D eigenvalue weighted by molar-refractivity contribution is 5.89. The van der Waals surface area contributed by atoms with Crippen molar-refractivity contribution in [1.29, 1.82) is 0 Å². The Balaban J connectivity index is 1.40. The highest BCUT2D eigenvalue weighted by atomic mass is 16.2. The summed E-state index contributed by atoms with van der Waals surface area (Å²) in [5.41, 5.74) is 0. The van der Waals surface area contributed by atoms with Gasteiger partial charge in [-0.3, -0.25) is 9.59 Å². The van der Waals surface area contributed by atoms with Crippen molar-refractivity contribution in [3.05, 3.63) is 11.6 Å². The lowest BCUT2D eigenvalue weighted by Gasteiger charge is -2.23. The Bertz CT molecular complexity index is 611. The summed E-state index contributed by atoms with van der Waals surface area (Å²) in [5.74, 6) is 2.59. The number of carbonyl (C=O) groups excluding carboxylic acids is 2. The molecule has 7 heteroatoms. The fourth-order valence-corrected chi connectivity index (χ4v) is 3.56. The van der Waals surface area contributed by atoms with Crippen molar-refractivity contribution >= 4 is 11.8 Å². The monoisotopic (exact) mass is 317 g/mol. The van der Waals surface area contributed by atoms with Gasteiger partial charge in [-0.1, -0.05) is 0 Å². The van der Waals surface area contributed by atoms with Gasteiger partial charge in [-0.2, -0.15) is 5.10 Å². The van der Waals surface area contributed by atoms with Gasteiger partial charge in [0.2, 0.25) is 11.8 Å². The van der Waals surface area contributed by atoms with E-state index < -0.39 is 0 Å². The summed E-state index contributed by atoms with van der Waals surface area (Å²) in [5, 5.41) is 4.61. The first kappa shape index (κ1) is 14.7. The summed E-state index contributed by atoms with van der Waals surface area (Å²) in [6.07, 6.45) is 3.52. The van der Waals surface area contributed by atoms with Crippen molar-refractivity contribution in [3.63, 3.8) is 0 Å². The van der Waals surface area contributed by atoms with Crippen LogP contribution in [0.5, 0.6) is 0 Å². The Morgan fingerprint density at radius 1 is 1.26 bits per heavy atom. The van der Waals surface area contributed by atoms with Crippen molar-refractivity contribution in [2.75, 3.05) is 26.2 Å². The standard InChI is InChI=1S/C16H23N5O2/c1-2-19-10-12(9-14(19)22)16(23)20-6-5-13-17-15(11-3-4-11)18-21(13)8-7-20/h11-12H,2-10H2,1H3. The Kier molecular flexibility index (Phi) is 3.58. The Morgan fingerprint density at radius 2 is 2.09 bits per heavy atom. The summed E-state index contributed by atoms with van der Waals surface area (Å²) in [6.45, 7) is 5.26. The molecule has 0 radical (unpaired) electrons. The molecule has 4 rings (SSSR count). The van der Waals surface area contributed by atoms with Crippen LogP contribution in [0, 0.1) is 5.92 Å². The zero-order valence-corrected chi connectivity index (χ0v) is 13.6. The molecule has 2 amide bonds. The van der Waals surface area contributed by atoms with Gasteiger partial charge < -0.3 is 9.80 Å². The van der Waals surface area contributed by atoms with Gasteiger partial charge in [0.05, 0.1) is 12.5 Å². The maximum atomic E-state index is 12.7. The minimum atomic E-state index is -0.178. The second-order valence-electron chi connectivity index (χ2n) is 6.79. The molecular weight excluding hydrogens is 294 g/mol. The van der Waals surface area contributed by atoms with Gasteiger partial charge in [-0.05, 0) is 19.8 Å². The van der Waals surface area contributed by atoms with Crippen molar-refractivity contribution in [3.8, 4) is 0 Å². The zero-order valence-electron chi connectivity index (χ0n) is 13.6. The van der Waals surface area contributed by atoms with E-state index in [4.69, 9.17) is 0 Å². The number of rotatable bonds is 3. The lowest BCUT2D eigenvalue weighted by molar-refractivity contribution is -0.135. The van der Waals surface area contributed by atoms with E-state index in [2.05, 4.69) is 10.1 Å². The maximum absolute atomic E-state index is 12.7. The minimum Gasteiger partial charge on any atom is -0.342 e. The lowest BCUT2D eigenvalue weighted by atomic mass is 10.1. The first-order valence-electron chi connectivity index (χ1n) is 8.66. The molecule has 3 aliphatic rings. The van der Waals surface area contributed by atoms with Crippen LogP contribution < -0.4 is 0 Å². The Labute approximate surface area is 135 Å². The van der Waals surface area contributed by atoms with Crippen molar-refractivity contribution in [2.45, 2.75) is 45.1 Å². The maximum Gasteiger partial charge on any atom is 0.228 e. The third-order valence-corrected chi connectivity index (χ3v) is 5.15. The van der Waals surface area contributed by atoms with E-state index in [0.29, 0.717) is 45.1 Å². The number of hydrogen-bond donors (Lipinski definition) is 0. The number of carbonyl (C=O) groups is 2. The molecule has 1 saturated heterocycles.